The van der Waals surface area contributed by atoms with Gasteiger partial charge in [0.25, 0.3) is 0 Å². The van der Waals surface area contributed by atoms with Crippen molar-refractivity contribution >= 4 is 23.5 Å². The van der Waals surface area contributed by atoms with Gasteiger partial charge in [-0.2, -0.15) is 5.10 Å². The van der Waals surface area contributed by atoms with Gasteiger partial charge in [-0.3, -0.25) is 0 Å². The van der Waals surface area contributed by atoms with Gasteiger partial charge in [-0.25, -0.2) is 5.43 Å². The molecular formula is C10H10ClN3O2. The lowest BCUT2D eigenvalue weighted by Crippen LogP contribution is -2.46. The first-order valence-corrected chi connectivity index (χ1v) is 4.92. The number of nitrogens with two attached hydrogens (primary N) is 1. The van der Waals surface area contributed by atoms with Crippen LogP contribution in [0, 0.1) is 0 Å². The third-order valence-electron chi connectivity index (χ3n) is 2.01. The van der Waals surface area contributed by atoms with Crippen LogP contribution in [0.5, 0.6) is 5.75 Å². The Bertz CT molecular complexity index is 461. The van der Waals surface area contributed by atoms with Gasteiger partial charge in [0.05, 0.1) is 11.9 Å². The van der Waals surface area contributed by atoms with Gasteiger partial charge in [-0.05, 0) is 23.7 Å². The fourth-order valence-corrected chi connectivity index (χ4v) is 1.39. The van der Waals surface area contributed by atoms with Gasteiger partial charge in [0.15, 0.2) is 5.76 Å². The second kappa shape index (κ2) is 3.94. The highest BCUT2D eigenvalue weighted by atomic mass is 35.5. The van der Waals surface area contributed by atoms with Gasteiger partial charge < -0.3 is 15.6 Å². The number of rotatable bonds is 2. The zero-order valence-electron chi connectivity index (χ0n) is 8.22. The molecule has 0 bridgehead atoms. The number of anilines is 1. The highest BCUT2D eigenvalue weighted by molar-refractivity contribution is 6.24. The van der Waals surface area contributed by atoms with Crippen LogP contribution in [0.4, 0.5) is 5.69 Å². The number of nitrogen functional groups attached to an aromatic ring is 1. The number of hydrogen-bond donors (Lipinski definition) is 3. The molecule has 1 aromatic carbocycles. The summed E-state index contributed by atoms with van der Waals surface area (Å²) in [5, 5.41) is 11.7. The largest absolute Gasteiger partial charge is 0.505 e. The predicted molar refractivity (Wildman–Crippen MR) is 62.4 cm³/mol. The number of allylic oxidation sites excluding steroid dienone is 1. The molecule has 4 N–H and O–H groups in total. The number of aliphatic hydroxyl groups is 1. The van der Waals surface area contributed by atoms with E-state index < -0.39 is 5.18 Å². The Morgan fingerprint density at radius 2 is 2.19 bits per heavy atom. The van der Waals surface area contributed by atoms with Crippen LogP contribution in [0.3, 0.4) is 0 Å². The van der Waals surface area contributed by atoms with E-state index >= 15 is 0 Å². The van der Waals surface area contributed by atoms with Gasteiger partial charge in [-0.15, -0.1) is 0 Å². The third kappa shape index (κ3) is 1.90. The summed E-state index contributed by atoms with van der Waals surface area (Å²) >= 11 is 6.01. The number of benzene rings is 1. The van der Waals surface area contributed by atoms with E-state index in [1.807, 2.05) is 0 Å². The number of hydrazone groups is 1. The van der Waals surface area contributed by atoms with Gasteiger partial charge >= 0.3 is 5.18 Å². The Hall–Kier alpha value is -1.88. The van der Waals surface area contributed by atoms with E-state index in [0.29, 0.717) is 11.4 Å². The molecule has 0 aliphatic carbocycles. The Kier molecular flexibility index (Phi) is 2.62. The maximum absolute atomic E-state index is 9.59. The molecule has 1 heterocycles. The first-order valence-electron chi connectivity index (χ1n) is 4.54. The van der Waals surface area contributed by atoms with E-state index in [4.69, 9.17) is 22.1 Å². The highest BCUT2D eigenvalue weighted by Crippen LogP contribution is 2.30. The van der Waals surface area contributed by atoms with Crippen molar-refractivity contribution < 1.29 is 9.84 Å². The van der Waals surface area contributed by atoms with E-state index in [1.165, 1.54) is 12.3 Å². The smallest absolute Gasteiger partial charge is 0.333 e. The lowest BCUT2D eigenvalue weighted by Gasteiger charge is -2.28. The summed E-state index contributed by atoms with van der Waals surface area (Å²) in [7, 11) is 0. The van der Waals surface area contributed by atoms with Crippen LogP contribution < -0.4 is 15.9 Å². The van der Waals surface area contributed by atoms with Gasteiger partial charge in [-0.1, -0.05) is 12.1 Å². The molecule has 0 aromatic heterocycles. The highest BCUT2D eigenvalue weighted by Gasteiger charge is 2.36. The maximum Gasteiger partial charge on any atom is 0.333 e. The molecule has 5 nitrogen and oxygen atoms in total. The lowest BCUT2D eigenvalue weighted by molar-refractivity contribution is 0.105. The average Bonchev–Trinajstić information content (AvgIpc) is 2.26. The molecular weight excluding hydrogens is 230 g/mol. The molecule has 0 saturated carbocycles. The van der Waals surface area contributed by atoms with E-state index in [9.17, 15) is 5.11 Å². The van der Waals surface area contributed by atoms with Gasteiger partial charge in [0, 0.05) is 6.08 Å². The maximum atomic E-state index is 9.59. The van der Waals surface area contributed by atoms with Crippen LogP contribution in [0.15, 0.2) is 41.2 Å². The summed E-state index contributed by atoms with van der Waals surface area (Å²) in [6.45, 7) is 0. The molecule has 16 heavy (non-hydrogen) atoms. The van der Waals surface area contributed by atoms with Gasteiger partial charge in [0.1, 0.15) is 5.75 Å². The zero-order valence-corrected chi connectivity index (χ0v) is 8.98. The van der Waals surface area contributed by atoms with Crippen molar-refractivity contribution in [1.82, 2.24) is 5.43 Å². The fraction of sp³-hybridized carbons (Fsp3) is 0.100. The molecule has 6 heteroatoms. The summed E-state index contributed by atoms with van der Waals surface area (Å²) in [6, 6.07) is 6.83. The van der Waals surface area contributed by atoms with Crippen LogP contribution >= 0.6 is 11.6 Å². The van der Waals surface area contributed by atoms with E-state index in [2.05, 4.69) is 10.5 Å². The van der Waals surface area contributed by atoms with Crippen LogP contribution in [-0.4, -0.2) is 16.5 Å². The SMILES string of the molecule is Nc1ccccc1OC1(Cl)NN=CC=C1O. The van der Waals surface area contributed by atoms with Crippen molar-refractivity contribution in [3.05, 3.63) is 36.1 Å². The molecule has 1 atom stereocenters. The number of para-hydroxylation sites is 2. The standard InChI is InChI=1S/C10H10ClN3O2/c11-10(9(15)5-6-13-14-10)16-8-4-2-1-3-7(8)12/h1-6,14-15H,12H2. The lowest BCUT2D eigenvalue weighted by atomic mass is 10.3. The molecule has 0 amide bonds. The Morgan fingerprint density at radius 1 is 1.44 bits per heavy atom. The minimum Gasteiger partial charge on any atom is -0.505 e. The molecule has 1 aromatic rings. The molecule has 84 valence electrons. The Balaban J connectivity index is 2.25. The average molecular weight is 240 g/mol. The molecule has 0 spiro atoms. The number of ether oxygens (including phenoxy) is 1. The van der Waals surface area contributed by atoms with Gasteiger partial charge in [0.2, 0.25) is 0 Å². The molecule has 0 fully saturated rings. The second-order valence-corrected chi connectivity index (χ2v) is 3.71. The molecule has 0 radical (unpaired) electrons. The van der Waals surface area contributed by atoms with E-state index in [1.54, 1.807) is 24.3 Å². The minimum absolute atomic E-state index is 0.188. The normalized spacial score (nSPS) is 23.4. The number of aliphatic hydroxyl groups excluding tert-OH is 1. The Morgan fingerprint density at radius 3 is 2.88 bits per heavy atom. The number of alkyl halides is 1. The van der Waals surface area contributed by atoms with Crippen molar-refractivity contribution in [2.24, 2.45) is 5.10 Å². The summed E-state index contributed by atoms with van der Waals surface area (Å²) in [5.41, 5.74) is 8.57. The zero-order chi connectivity index (χ0) is 11.6. The monoisotopic (exact) mass is 239 g/mol. The fourth-order valence-electron chi connectivity index (χ4n) is 1.19. The Labute approximate surface area is 97.2 Å². The molecule has 0 saturated heterocycles. The van der Waals surface area contributed by atoms with Crippen molar-refractivity contribution in [3.8, 4) is 5.75 Å². The predicted octanol–water partition coefficient (Wildman–Crippen LogP) is 1.57. The summed E-state index contributed by atoms with van der Waals surface area (Å²) < 4.78 is 5.38. The number of halogens is 1. The topological polar surface area (TPSA) is 79.9 Å². The van der Waals surface area contributed by atoms with Crippen LogP contribution in [-0.2, 0) is 0 Å². The second-order valence-electron chi connectivity index (χ2n) is 3.18. The number of nitrogens with zero attached hydrogens (tertiary/aromatic N) is 1. The minimum atomic E-state index is -1.61. The van der Waals surface area contributed by atoms with E-state index in [-0.39, 0.29) is 5.76 Å². The molecule has 1 aliphatic heterocycles. The number of nitrogens with one attached hydrogen (secondary N) is 1. The van der Waals surface area contributed by atoms with E-state index in [0.717, 1.165) is 0 Å². The quantitative estimate of drug-likeness (QED) is 0.416. The third-order valence-corrected chi connectivity index (χ3v) is 2.37. The van der Waals surface area contributed by atoms with Crippen LogP contribution in [0.2, 0.25) is 0 Å². The van der Waals surface area contributed by atoms with Crippen molar-refractivity contribution in [2.75, 3.05) is 5.73 Å². The summed E-state index contributed by atoms with van der Waals surface area (Å²) in [5.74, 6) is 0.175. The summed E-state index contributed by atoms with van der Waals surface area (Å²) in [6.07, 6.45) is 2.70. The first-order chi connectivity index (χ1) is 7.62. The van der Waals surface area contributed by atoms with Crippen molar-refractivity contribution in [3.63, 3.8) is 0 Å². The molecule has 2 rings (SSSR count). The first kappa shape index (κ1) is 10.6. The van der Waals surface area contributed by atoms with Crippen LogP contribution in [0.1, 0.15) is 0 Å². The molecule has 1 aliphatic rings. The molecule has 1 unspecified atom stereocenters. The van der Waals surface area contributed by atoms with Crippen molar-refractivity contribution in [1.29, 1.82) is 0 Å². The van der Waals surface area contributed by atoms with Crippen molar-refractivity contribution in [2.45, 2.75) is 5.18 Å². The number of hydrogen-bond acceptors (Lipinski definition) is 5. The van der Waals surface area contributed by atoms with Crippen LogP contribution in [0.25, 0.3) is 0 Å². The summed E-state index contributed by atoms with van der Waals surface area (Å²) in [4.78, 5) is 0.